The molecule has 8 nitrogen and oxygen atoms in total. The second-order valence-corrected chi connectivity index (χ2v) is 7.52. The van der Waals surface area contributed by atoms with Crippen LogP contribution in [0.25, 0.3) is 0 Å². The molecule has 0 saturated carbocycles. The molecular formula is C16H20N4O4S. The Bertz CT molecular complexity index is 887. The van der Waals surface area contributed by atoms with E-state index in [1.807, 2.05) is 4.90 Å². The molecule has 1 aromatic carbocycles. The van der Waals surface area contributed by atoms with Crippen LogP contribution in [0, 0.1) is 0 Å². The first-order valence-electron chi connectivity index (χ1n) is 7.97. The van der Waals surface area contributed by atoms with Gasteiger partial charge in [0.2, 0.25) is 16.0 Å². The van der Waals surface area contributed by atoms with Crippen molar-refractivity contribution in [2.24, 2.45) is 0 Å². The molecule has 0 spiro atoms. The quantitative estimate of drug-likeness (QED) is 0.788. The van der Waals surface area contributed by atoms with E-state index < -0.39 is 10.0 Å². The summed E-state index contributed by atoms with van der Waals surface area (Å²) in [6.07, 6.45) is 2.11. The van der Waals surface area contributed by atoms with Crippen molar-refractivity contribution in [2.75, 3.05) is 25.1 Å². The lowest BCUT2D eigenvalue weighted by Crippen LogP contribution is -2.27. The third kappa shape index (κ3) is 4.18. The zero-order valence-corrected chi connectivity index (χ0v) is 14.7. The van der Waals surface area contributed by atoms with Crippen molar-refractivity contribution in [1.29, 1.82) is 0 Å². The maximum atomic E-state index is 12.4. The van der Waals surface area contributed by atoms with Crippen LogP contribution in [0.1, 0.15) is 18.5 Å². The summed E-state index contributed by atoms with van der Waals surface area (Å²) in [6, 6.07) is 7.37. The van der Waals surface area contributed by atoms with E-state index in [0.717, 1.165) is 25.9 Å². The van der Waals surface area contributed by atoms with Gasteiger partial charge in [-0.05, 0) is 37.1 Å². The molecule has 1 saturated heterocycles. The van der Waals surface area contributed by atoms with Crippen molar-refractivity contribution >= 4 is 16.0 Å². The first-order valence-corrected chi connectivity index (χ1v) is 9.45. The normalized spacial score (nSPS) is 14.7. The van der Waals surface area contributed by atoms with Crippen molar-refractivity contribution in [3.8, 4) is 5.75 Å². The largest absolute Gasteiger partial charge is 0.497 e. The number of aromatic nitrogens is 2. The Hall–Kier alpha value is -2.39. The molecule has 1 aliphatic rings. The summed E-state index contributed by atoms with van der Waals surface area (Å²) in [5, 5.41) is 0. The molecule has 3 rings (SSSR count). The Kier molecular flexibility index (Phi) is 5.05. The van der Waals surface area contributed by atoms with Crippen LogP contribution in [0.2, 0.25) is 0 Å². The minimum atomic E-state index is -3.70. The van der Waals surface area contributed by atoms with E-state index in [1.165, 1.54) is 25.3 Å². The maximum Gasteiger partial charge on any atom is 0.252 e. The molecule has 0 unspecified atom stereocenters. The molecule has 134 valence electrons. The third-order valence-corrected chi connectivity index (χ3v) is 5.42. The predicted molar refractivity (Wildman–Crippen MR) is 93.3 cm³/mol. The predicted octanol–water partition coefficient (Wildman–Crippen LogP) is 0.857. The highest BCUT2D eigenvalue weighted by atomic mass is 32.2. The smallest absolute Gasteiger partial charge is 0.252 e. The second-order valence-electron chi connectivity index (χ2n) is 5.75. The monoisotopic (exact) mass is 364 g/mol. The van der Waals surface area contributed by atoms with Crippen molar-refractivity contribution in [2.45, 2.75) is 24.3 Å². The Morgan fingerprint density at radius 2 is 1.92 bits per heavy atom. The zero-order valence-electron chi connectivity index (χ0n) is 13.9. The summed E-state index contributed by atoms with van der Waals surface area (Å²) in [6.45, 7) is 1.62. The Labute approximate surface area is 145 Å². The first-order chi connectivity index (χ1) is 12.0. The molecule has 2 N–H and O–H groups in total. The van der Waals surface area contributed by atoms with Gasteiger partial charge in [-0.2, -0.15) is 0 Å². The van der Waals surface area contributed by atoms with Gasteiger partial charge < -0.3 is 9.64 Å². The summed E-state index contributed by atoms with van der Waals surface area (Å²) in [5.41, 5.74) is 0.0817. The van der Waals surface area contributed by atoms with Gasteiger partial charge in [-0.25, -0.2) is 18.1 Å². The lowest BCUT2D eigenvalue weighted by atomic mass is 10.3. The Morgan fingerprint density at radius 1 is 1.24 bits per heavy atom. The van der Waals surface area contributed by atoms with Gasteiger partial charge in [0, 0.05) is 19.2 Å². The second kappa shape index (κ2) is 7.24. The van der Waals surface area contributed by atoms with E-state index in [0.29, 0.717) is 17.4 Å². The summed E-state index contributed by atoms with van der Waals surface area (Å²) in [5.74, 6) is 1.06. The molecular weight excluding hydrogens is 344 g/mol. The first kappa shape index (κ1) is 17.4. The summed E-state index contributed by atoms with van der Waals surface area (Å²) in [4.78, 5) is 21.0. The Morgan fingerprint density at radius 3 is 2.56 bits per heavy atom. The average Bonchev–Trinajstić information content (AvgIpc) is 3.14. The molecule has 2 aromatic rings. The molecule has 1 aromatic heterocycles. The lowest BCUT2D eigenvalue weighted by molar-refractivity contribution is 0.414. The van der Waals surface area contributed by atoms with Gasteiger partial charge in [0.1, 0.15) is 5.75 Å². The molecule has 1 aliphatic heterocycles. The van der Waals surface area contributed by atoms with Gasteiger partial charge in [-0.3, -0.25) is 9.78 Å². The number of hydrogen-bond acceptors (Lipinski definition) is 6. The maximum absolute atomic E-state index is 12.4. The number of benzene rings is 1. The number of hydrogen-bond donors (Lipinski definition) is 2. The third-order valence-electron chi connectivity index (χ3n) is 4.00. The van der Waals surface area contributed by atoms with E-state index in [-0.39, 0.29) is 17.0 Å². The van der Waals surface area contributed by atoms with E-state index in [4.69, 9.17) is 4.74 Å². The van der Waals surface area contributed by atoms with Gasteiger partial charge in [0.25, 0.3) is 5.56 Å². The van der Waals surface area contributed by atoms with Gasteiger partial charge in [-0.15, -0.1) is 0 Å². The average molecular weight is 364 g/mol. The standard InChI is InChI=1S/C16H20N4O4S/c1-24-13-4-6-14(7-5-13)25(22,23)17-11-12-10-15(21)19-16(18-12)20-8-2-3-9-20/h4-7,10,17H,2-3,8-9,11H2,1H3,(H,18,19,21). The van der Waals surface area contributed by atoms with Gasteiger partial charge >= 0.3 is 0 Å². The lowest BCUT2D eigenvalue weighted by Gasteiger charge is -2.16. The number of nitrogens with one attached hydrogen (secondary N) is 2. The fourth-order valence-electron chi connectivity index (χ4n) is 2.67. The number of sulfonamides is 1. The van der Waals surface area contributed by atoms with Crippen LogP contribution in [-0.4, -0.2) is 38.6 Å². The van der Waals surface area contributed by atoms with Gasteiger partial charge in [-0.1, -0.05) is 0 Å². The number of anilines is 1. The van der Waals surface area contributed by atoms with Crippen LogP contribution in [0.15, 0.2) is 40.0 Å². The van der Waals surface area contributed by atoms with Crippen LogP contribution >= 0.6 is 0 Å². The van der Waals surface area contributed by atoms with E-state index >= 15 is 0 Å². The number of nitrogens with zero attached hydrogens (tertiary/aromatic N) is 2. The van der Waals surface area contributed by atoms with Crippen LogP contribution in [0.5, 0.6) is 5.75 Å². The van der Waals surface area contributed by atoms with Gasteiger partial charge in [0.05, 0.1) is 24.2 Å². The van der Waals surface area contributed by atoms with Crippen LogP contribution in [0.4, 0.5) is 5.95 Å². The molecule has 0 atom stereocenters. The fraction of sp³-hybridized carbons (Fsp3) is 0.375. The molecule has 25 heavy (non-hydrogen) atoms. The Balaban J connectivity index is 1.74. The molecule has 0 radical (unpaired) electrons. The minimum Gasteiger partial charge on any atom is -0.497 e. The van der Waals surface area contributed by atoms with Crippen molar-refractivity contribution in [1.82, 2.24) is 14.7 Å². The highest BCUT2D eigenvalue weighted by Gasteiger charge is 2.17. The van der Waals surface area contributed by atoms with E-state index in [2.05, 4.69) is 14.7 Å². The number of aromatic amines is 1. The number of ether oxygens (including phenoxy) is 1. The topological polar surface area (TPSA) is 104 Å². The molecule has 0 bridgehead atoms. The molecule has 9 heteroatoms. The zero-order chi connectivity index (χ0) is 17.9. The molecule has 1 fully saturated rings. The van der Waals surface area contributed by atoms with Gasteiger partial charge in [0.15, 0.2) is 0 Å². The van der Waals surface area contributed by atoms with Crippen molar-refractivity contribution < 1.29 is 13.2 Å². The highest BCUT2D eigenvalue weighted by Crippen LogP contribution is 2.16. The van der Waals surface area contributed by atoms with Crippen molar-refractivity contribution in [3.05, 3.63) is 46.4 Å². The highest BCUT2D eigenvalue weighted by molar-refractivity contribution is 7.89. The SMILES string of the molecule is COc1ccc(S(=O)(=O)NCc2cc(=O)[nH]c(N3CCCC3)n2)cc1. The fourth-order valence-corrected chi connectivity index (χ4v) is 3.67. The summed E-state index contributed by atoms with van der Waals surface area (Å²) in [7, 11) is -2.19. The molecule has 0 aliphatic carbocycles. The summed E-state index contributed by atoms with van der Waals surface area (Å²) < 4.78 is 32.2. The number of H-pyrrole nitrogens is 1. The minimum absolute atomic E-state index is 0.0564. The van der Waals surface area contributed by atoms with Crippen molar-refractivity contribution in [3.63, 3.8) is 0 Å². The summed E-state index contributed by atoms with van der Waals surface area (Å²) >= 11 is 0. The van der Waals surface area contributed by atoms with E-state index in [1.54, 1.807) is 12.1 Å². The molecule has 0 amide bonds. The molecule has 2 heterocycles. The van der Waals surface area contributed by atoms with Crippen LogP contribution < -0.4 is 19.9 Å². The number of methoxy groups -OCH3 is 1. The van der Waals surface area contributed by atoms with Crippen LogP contribution in [0.3, 0.4) is 0 Å². The number of rotatable bonds is 6. The van der Waals surface area contributed by atoms with Crippen LogP contribution in [-0.2, 0) is 16.6 Å². The van der Waals surface area contributed by atoms with E-state index in [9.17, 15) is 13.2 Å².